The highest BCUT2D eigenvalue weighted by Crippen LogP contribution is 2.44. The SMILES string of the molecule is CCC(C)(O)CNCC1(C)CC1. The van der Waals surface area contributed by atoms with Crippen LogP contribution in [-0.2, 0) is 0 Å². The summed E-state index contributed by atoms with van der Waals surface area (Å²) >= 11 is 0. The predicted molar refractivity (Wildman–Crippen MR) is 51.1 cm³/mol. The minimum Gasteiger partial charge on any atom is -0.389 e. The zero-order chi connectivity index (χ0) is 9.24. The molecule has 2 N–H and O–H groups in total. The van der Waals surface area contributed by atoms with E-state index in [0.29, 0.717) is 5.41 Å². The molecular weight excluding hydrogens is 150 g/mol. The van der Waals surface area contributed by atoms with Crippen molar-refractivity contribution in [3.05, 3.63) is 0 Å². The van der Waals surface area contributed by atoms with Gasteiger partial charge in [-0.2, -0.15) is 0 Å². The van der Waals surface area contributed by atoms with Crippen molar-refractivity contribution in [1.29, 1.82) is 0 Å². The van der Waals surface area contributed by atoms with Crippen LogP contribution in [0.25, 0.3) is 0 Å². The van der Waals surface area contributed by atoms with Crippen LogP contribution in [0.15, 0.2) is 0 Å². The Kier molecular flexibility index (Phi) is 2.79. The molecule has 2 nitrogen and oxygen atoms in total. The second-order valence-corrected chi connectivity index (χ2v) is 4.76. The van der Waals surface area contributed by atoms with Crippen molar-refractivity contribution < 1.29 is 5.11 Å². The van der Waals surface area contributed by atoms with Gasteiger partial charge in [0.2, 0.25) is 0 Å². The summed E-state index contributed by atoms with van der Waals surface area (Å²) < 4.78 is 0. The van der Waals surface area contributed by atoms with Crippen molar-refractivity contribution in [2.24, 2.45) is 5.41 Å². The number of hydrogen-bond donors (Lipinski definition) is 2. The van der Waals surface area contributed by atoms with Gasteiger partial charge in [0.1, 0.15) is 0 Å². The molecule has 1 aliphatic rings. The maximum atomic E-state index is 9.68. The fourth-order valence-electron chi connectivity index (χ4n) is 1.15. The van der Waals surface area contributed by atoms with Crippen LogP contribution in [-0.4, -0.2) is 23.8 Å². The lowest BCUT2D eigenvalue weighted by molar-refractivity contribution is 0.0548. The van der Waals surface area contributed by atoms with Gasteiger partial charge in [0.25, 0.3) is 0 Å². The van der Waals surface area contributed by atoms with Gasteiger partial charge in [0.05, 0.1) is 5.60 Å². The summed E-state index contributed by atoms with van der Waals surface area (Å²) in [6.45, 7) is 7.97. The molecule has 0 amide bonds. The third kappa shape index (κ3) is 3.11. The lowest BCUT2D eigenvalue weighted by Gasteiger charge is -2.22. The molecule has 0 radical (unpaired) electrons. The molecule has 1 fully saturated rings. The molecule has 1 atom stereocenters. The van der Waals surface area contributed by atoms with E-state index in [0.717, 1.165) is 19.5 Å². The maximum absolute atomic E-state index is 9.68. The minimum atomic E-state index is -0.523. The zero-order valence-corrected chi connectivity index (χ0v) is 8.48. The summed E-state index contributed by atoms with van der Waals surface area (Å²) in [5.41, 5.74) is 0.0229. The van der Waals surface area contributed by atoms with Gasteiger partial charge >= 0.3 is 0 Å². The monoisotopic (exact) mass is 171 g/mol. The van der Waals surface area contributed by atoms with Gasteiger partial charge in [0.15, 0.2) is 0 Å². The molecular formula is C10H21NO. The van der Waals surface area contributed by atoms with E-state index in [-0.39, 0.29) is 0 Å². The third-order valence-corrected chi connectivity index (χ3v) is 2.92. The summed E-state index contributed by atoms with van der Waals surface area (Å²) in [7, 11) is 0. The van der Waals surface area contributed by atoms with Gasteiger partial charge in [0, 0.05) is 13.1 Å². The summed E-state index contributed by atoms with van der Waals surface area (Å²) in [5.74, 6) is 0. The van der Waals surface area contributed by atoms with Crippen LogP contribution < -0.4 is 5.32 Å². The summed E-state index contributed by atoms with van der Waals surface area (Å²) in [6.07, 6.45) is 3.50. The Balaban J connectivity index is 2.09. The van der Waals surface area contributed by atoms with Crippen molar-refractivity contribution in [2.75, 3.05) is 13.1 Å². The molecule has 0 heterocycles. The Morgan fingerprint density at radius 1 is 1.50 bits per heavy atom. The van der Waals surface area contributed by atoms with Crippen LogP contribution in [0.4, 0.5) is 0 Å². The van der Waals surface area contributed by atoms with Crippen LogP contribution in [0.5, 0.6) is 0 Å². The normalized spacial score (nSPS) is 25.0. The topological polar surface area (TPSA) is 32.3 Å². The third-order valence-electron chi connectivity index (χ3n) is 2.92. The summed E-state index contributed by atoms with van der Waals surface area (Å²) in [6, 6.07) is 0. The van der Waals surface area contributed by atoms with Crippen molar-refractivity contribution in [3.8, 4) is 0 Å². The lowest BCUT2D eigenvalue weighted by atomic mass is 10.0. The molecule has 0 aliphatic heterocycles. The fraction of sp³-hybridized carbons (Fsp3) is 1.00. The number of aliphatic hydroxyl groups is 1. The zero-order valence-electron chi connectivity index (χ0n) is 8.48. The molecule has 2 heteroatoms. The van der Waals surface area contributed by atoms with Crippen molar-refractivity contribution in [2.45, 2.75) is 45.6 Å². The van der Waals surface area contributed by atoms with Gasteiger partial charge in [-0.1, -0.05) is 13.8 Å². The number of nitrogens with one attached hydrogen (secondary N) is 1. The molecule has 1 rings (SSSR count). The van der Waals surface area contributed by atoms with Crippen LogP contribution in [0.1, 0.15) is 40.0 Å². The number of rotatable bonds is 5. The van der Waals surface area contributed by atoms with E-state index in [1.165, 1.54) is 12.8 Å². The lowest BCUT2D eigenvalue weighted by Crippen LogP contribution is -2.39. The first kappa shape index (κ1) is 10.0. The molecule has 12 heavy (non-hydrogen) atoms. The van der Waals surface area contributed by atoms with Crippen molar-refractivity contribution >= 4 is 0 Å². The first-order valence-electron chi connectivity index (χ1n) is 4.91. The molecule has 0 aromatic heterocycles. The Morgan fingerprint density at radius 2 is 2.08 bits per heavy atom. The van der Waals surface area contributed by atoms with E-state index in [9.17, 15) is 5.11 Å². The standard InChI is InChI=1S/C10H21NO/c1-4-10(3,12)8-11-7-9(2)5-6-9/h11-12H,4-8H2,1-3H3. The first-order valence-corrected chi connectivity index (χ1v) is 4.91. The highest BCUT2D eigenvalue weighted by Gasteiger charge is 2.36. The average Bonchev–Trinajstić information content (AvgIpc) is 2.68. The molecule has 0 saturated heterocycles. The molecule has 0 bridgehead atoms. The first-order chi connectivity index (χ1) is 5.47. The Labute approximate surface area is 75.4 Å². The second-order valence-electron chi connectivity index (χ2n) is 4.76. The molecule has 1 aliphatic carbocycles. The molecule has 0 spiro atoms. The van der Waals surface area contributed by atoms with Gasteiger partial charge in [-0.05, 0) is 31.6 Å². The average molecular weight is 171 g/mol. The largest absolute Gasteiger partial charge is 0.389 e. The van der Waals surface area contributed by atoms with Gasteiger partial charge in [-0.15, -0.1) is 0 Å². The second kappa shape index (κ2) is 3.35. The van der Waals surface area contributed by atoms with Crippen molar-refractivity contribution in [1.82, 2.24) is 5.32 Å². The van der Waals surface area contributed by atoms with E-state index in [1.807, 2.05) is 13.8 Å². The predicted octanol–water partition coefficient (Wildman–Crippen LogP) is 1.54. The van der Waals surface area contributed by atoms with E-state index < -0.39 is 5.60 Å². The molecule has 0 aromatic rings. The molecule has 0 aromatic carbocycles. The van der Waals surface area contributed by atoms with Crippen LogP contribution >= 0.6 is 0 Å². The number of hydrogen-bond acceptors (Lipinski definition) is 2. The Bertz CT molecular complexity index is 150. The van der Waals surface area contributed by atoms with E-state index in [4.69, 9.17) is 0 Å². The van der Waals surface area contributed by atoms with Crippen LogP contribution in [0.2, 0.25) is 0 Å². The van der Waals surface area contributed by atoms with E-state index >= 15 is 0 Å². The molecule has 72 valence electrons. The quantitative estimate of drug-likeness (QED) is 0.657. The van der Waals surface area contributed by atoms with Gasteiger partial charge in [-0.25, -0.2) is 0 Å². The van der Waals surface area contributed by atoms with Crippen LogP contribution in [0.3, 0.4) is 0 Å². The van der Waals surface area contributed by atoms with E-state index in [1.54, 1.807) is 0 Å². The molecule has 1 unspecified atom stereocenters. The summed E-state index contributed by atoms with van der Waals surface area (Å²) in [4.78, 5) is 0. The van der Waals surface area contributed by atoms with Crippen LogP contribution in [0, 0.1) is 5.41 Å². The highest BCUT2D eigenvalue weighted by molar-refractivity contribution is 4.91. The molecule has 1 saturated carbocycles. The Hall–Kier alpha value is -0.0800. The maximum Gasteiger partial charge on any atom is 0.0740 e. The van der Waals surface area contributed by atoms with Crippen molar-refractivity contribution in [3.63, 3.8) is 0 Å². The summed E-state index contributed by atoms with van der Waals surface area (Å²) in [5, 5.41) is 13.0. The smallest absolute Gasteiger partial charge is 0.0740 e. The Morgan fingerprint density at radius 3 is 2.50 bits per heavy atom. The van der Waals surface area contributed by atoms with E-state index in [2.05, 4.69) is 12.2 Å². The fourth-order valence-corrected chi connectivity index (χ4v) is 1.15. The highest BCUT2D eigenvalue weighted by atomic mass is 16.3. The van der Waals surface area contributed by atoms with Gasteiger partial charge in [-0.3, -0.25) is 0 Å². The minimum absolute atomic E-state index is 0.523. The van der Waals surface area contributed by atoms with Gasteiger partial charge < -0.3 is 10.4 Å².